The summed E-state index contributed by atoms with van der Waals surface area (Å²) in [6, 6.07) is 33.4. The predicted octanol–water partition coefficient (Wildman–Crippen LogP) is 6.86. The zero-order chi connectivity index (χ0) is 26.2. The molecule has 0 fully saturated rings. The van der Waals surface area contributed by atoms with Crippen LogP contribution in [0, 0.1) is 0 Å². The normalized spacial score (nSPS) is 10.7. The number of aromatic nitrogens is 2. The van der Waals surface area contributed by atoms with Crippen molar-refractivity contribution in [2.75, 3.05) is 11.9 Å². The van der Waals surface area contributed by atoms with Gasteiger partial charge in [0.1, 0.15) is 12.4 Å². The first kappa shape index (κ1) is 24.8. The fourth-order valence-corrected chi connectivity index (χ4v) is 4.09. The van der Waals surface area contributed by atoms with Gasteiger partial charge in [-0.25, -0.2) is 4.98 Å². The highest BCUT2D eigenvalue weighted by Gasteiger charge is 2.12. The molecule has 5 aromatic rings. The molecule has 0 spiro atoms. The topological polar surface area (TPSA) is 93.6 Å². The second kappa shape index (κ2) is 11.9. The molecule has 0 saturated carbocycles. The Bertz CT molecular complexity index is 1530. The van der Waals surface area contributed by atoms with Crippen LogP contribution >= 0.6 is 0 Å². The van der Waals surface area contributed by atoms with Gasteiger partial charge in [-0.1, -0.05) is 84.9 Å². The Kier molecular flexibility index (Phi) is 7.75. The zero-order valence-corrected chi connectivity index (χ0v) is 20.7. The SMILES string of the molecule is O=C(O)CCCOc1cccc2c(Nc3nc(OCc4ccccc4)cc(-c4ccccc4)n3)cccc12. The average molecular weight is 506 g/mol. The number of hydrogen-bond donors (Lipinski definition) is 2. The Labute approximate surface area is 220 Å². The van der Waals surface area contributed by atoms with Crippen LogP contribution in [0.4, 0.5) is 11.6 Å². The molecular weight excluding hydrogens is 478 g/mol. The summed E-state index contributed by atoms with van der Waals surface area (Å²) in [7, 11) is 0. The fourth-order valence-electron chi connectivity index (χ4n) is 4.09. The third-order valence-electron chi connectivity index (χ3n) is 5.92. The molecule has 0 saturated heterocycles. The molecule has 38 heavy (non-hydrogen) atoms. The van der Waals surface area contributed by atoms with Gasteiger partial charge in [-0.2, -0.15) is 4.98 Å². The van der Waals surface area contributed by atoms with Gasteiger partial charge < -0.3 is 19.9 Å². The molecule has 2 N–H and O–H groups in total. The smallest absolute Gasteiger partial charge is 0.303 e. The van der Waals surface area contributed by atoms with Crippen molar-refractivity contribution < 1.29 is 19.4 Å². The maximum absolute atomic E-state index is 10.8. The highest BCUT2D eigenvalue weighted by Crippen LogP contribution is 2.33. The van der Waals surface area contributed by atoms with Crippen molar-refractivity contribution in [1.82, 2.24) is 9.97 Å². The lowest BCUT2D eigenvalue weighted by atomic mass is 10.1. The van der Waals surface area contributed by atoms with Crippen LogP contribution in [-0.4, -0.2) is 27.7 Å². The third-order valence-corrected chi connectivity index (χ3v) is 5.92. The van der Waals surface area contributed by atoms with Crippen LogP contribution < -0.4 is 14.8 Å². The summed E-state index contributed by atoms with van der Waals surface area (Å²) in [5, 5.41) is 14.1. The van der Waals surface area contributed by atoms with Gasteiger partial charge in [0.15, 0.2) is 0 Å². The van der Waals surface area contributed by atoms with Gasteiger partial charge in [-0.05, 0) is 24.1 Å². The lowest BCUT2D eigenvalue weighted by molar-refractivity contribution is -0.137. The van der Waals surface area contributed by atoms with Gasteiger partial charge in [0.25, 0.3) is 0 Å². The molecular formula is C31H27N3O4. The van der Waals surface area contributed by atoms with Gasteiger partial charge >= 0.3 is 5.97 Å². The molecule has 0 atom stereocenters. The standard InChI is InChI=1S/C31H27N3O4/c35-30(36)18-9-19-37-28-17-8-14-24-25(28)15-7-16-26(24)32-31-33-27(23-12-5-2-6-13-23)20-29(34-31)38-21-22-10-3-1-4-11-22/h1-8,10-17,20H,9,18-19,21H2,(H,35,36)(H,32,33,34). The fraction of sp³-hybridized carbons (Fsp3) is 0.129. The monoisotopic (exact) mass is 505 g/mol. The number of nitrogens with one attached hydrogen (secondary N) is 1. The largest absolute Gasteiger partial charge is 0.493 e. The summed E-state index contributed by atoms with van der Waals surface area (Å²) in [5.74, 6) is 0.743. The first-order valence-corrected chi connectivity index (χ1v) is 12.4. The summed E-state index contributed by atoms with van der Waals surface area (Å²) in [5.41, 5.74) is 3.57. The quantitative estimate of drug-likeness (QED) is 0.189. The summed E-state index contributed by atoms with van der Waals surface area (Å²) in [6.45, 7) is 0.718. The molecule has 7 heteroatoms. The summed E-state index contributed by atoms with van der Waals surface area (Å²) in [4.78, 5) is 20.2. The zero-order valence-electron chi connectivity index (χ0n) is 20.7. The lowest BCUT2D eigenvalue weighted by Gasteiger charge is -2.14. The average Bonchev–Trinajstić information content (AvgIpc) is 2.95. The van der Waals surface area contributed by atoms with E-state index in [-0.39, 0.29) is 6.42 Å². The highest BCUT2D eigenvalue weighted by molar-refractivity contribution is 5.98. The number of hydrogen-bond acceptors (Lipinski definition) is 6. The minimum Gasteiger partial charge on any atom is -0.493 e. The Balaban J connectivity index is 1.43. The third kappa shape index (κ3) is 6.25. The number of anilines is 2. The molecule has 0 aliphatic carbocycles. The van der Waals surface area contributed by atoms with Gasteiger partial charge in [0.2, 0.25) is 11.8 Å². The second-order valence-corrected chi connectivity index (χ2v) is 8.68. The van der Waals surface area contributed by atoms with E-state index in [4.69, 9.17) is 19.6 Å². The van der Waals surface area contributed by atoms with Crippen LogP contribution in [0.1, 0.15) is 18.4 Å². The molecule has 0 bridgehead atoms. The number of aliphatic carboxylic acids is 1. The predicted molar refractivity (Wildman–Crippen MR) is 148 cm³/mol. The van der Waals surface area contributed by atoms with Gasteiger partial charge in [0.05, 0.1) is 12.3 Å². The van der Waals surface area contributed by atoms with Crippen molar-refractivity contribution in [2.24, 2.45) is 0 Å². The van der Waals surface area contributed by atoms with Crippen molar-refractivity contribution in [2.45, 2.75) is 19.4 Å². The van der Waals surface area contributed by atoms with Crippen molar-refractivity contribution >= 4 is 28.4 Å². The summed E-state index contributed by atoms with van der Waals surface area (Å²) < 4.78 is 12.0. The van der Waals surface area contributed by atoms with Gasteiger partial charge in [-0.3, -0.25) is 4.79 Å². The van der Waals surface area contributed by atoms with E-state index in [1.54, 1.807) is 0 Å². The van der Waals surface area contributed by atoms with Gasteiger partial charge in [0, 0.05) is 34.5 Å². The van der Waals surface area contributed by atoms with Crippen molar-refractivity contribution in [3.05, 3.63) is 109 Å². The van der Waals surface area contributed by atoms with Crippen molar-refractivity contribution in [3.8, 4) is 22.9 Å². The molecule has 0 amide bonds. The summed E-state index contributed by atoms with van der Waals surface area (Å²) >= 11 is 0. The molecule has 4 aromatic carbocycles. The number of rotatable bonds is 11. The van der Waals surface area contributed by atoms with Crippen LogP contribution in [0.25, 0.3) is 22.0 Å². The highest BCUT2D eigenvalue weighted by atomic mass is 16.5. The van der Waals surface area contributed by atoms with E-state index >= 15 is 0 Å². The van der Waals surface area contributed by atoms with Crippen LogP contribution in [-0.2, 0) is 11.4 Å². The minimum atomic E-state index is -0.831. The van der Waals surface area contributed by atoms with Crippen molar-refractivity contribution in [1.29, 1.82) is 0 Å². The molecule has 1 heterocycles. The number of benzene rings is 4. The van der Waals surface area contributed by atoms with Crippen molar-refractivity contribution in [3.63, 3.8) is 0 Å². The number of carboxylic acids is 1. The van der Waals surface area contributed by atoms with E-state index in [2.05, 4.69) is 10.3 Å². The molecule has 0 aliphatic heterocycles. The first-order valence-electron chi connectivity index (χ1n) is 12.4. The molecule has 0 aliphatic rings. The first-order chi connectivity index (χ1) is 18.7. The maximum atomic E-state index is 10.8. The molecule has 7 nitrogen and oxygen atoms in total. The number of carbonyl (C=O) groups is 1. The minimum absolute atomic E-state index is 0.0708. The second-order valence-electron chi connectivity index (χ2n) is 8.68. The molecule has 5 rings (SSSR count). The van der Waals surface area contributed by atoms with Gasteiger partial charge in [-0.15, -0.1) is 0 Å². The van der Waals surface area contributed by atoms with Crippen LogP contribution in [0.15, 0.2) is 103 Å². The number of carboxylic acid groups (broad SMARTS) is 1. The van der Waals surface area contributed by atoms with Crippen LogP contribution in [0.2, 0.25) is 0 Å². The Morgan fingerprint density at radius 2 is 1.53 bits per heavy atom. The molecule has 0 radical (unpaired) electrons. The molecule has 0 unspecified atom stereocenters. The van der Waals surface area contributed by atoms with E-state index in [0.717, 1.165) is 33.3 Å². The maximum Gasteiger partial charge on any atom is 0.303 e. The number of fused-ring (bicyclic) bond motifs is 1. The Morgan fingerprint density at radius 3 is 2.32 bits per heavy atom. The number of nitrogens with zero attached hydrogens (tertiary/aromatic N) is 2. The molecule has 1 aromatic heterocycles. The van der Waals surface area contributed by atoms with Crippen LogP contribution in [0.3, 0.4) is 0 Å². The van der Waals surface area contributed by atoms with E-state index < -0.39 is 5.97 Å². The summed E-state index contributed by atoms with van der Waals surface area (Å²) in [6.07, 6.45) is 0.511. The van der Waals surface area contributed by atoms with E-state index in [1.807, 2.05) is 103 Å². The lowest BCUT2D eigenvalue weighted by Crippen LogP contribution is -2.04. The number of ether oxygens (including phenoxy) is 2. The van der Waals surface area contributed by atoms with E-state index in [1.165, 1.54) is 0 Å². The molecule has 190 valence electrons. The van der Waals surface area contributed by atoms with E-state index in [9.17, 15) is 4.79 Å². The van der Waals surface area contributed by atoms with E-state index in [0.29, 0.717) is 37.2 Å². The van der Waals surface area contributed by atoms with Crippen LogP contribution in [0.5, 0.6) is 11.6 Å². The Hall–Kier alpha value is -4.91. The Morgan fingerprint density at radius 1 is 0.789 bits per heavy atom.